The molecule has 27 heavy (non-hydrogen) atoms. The van der Waals surface area contributed by atoms with Gasteiger partial charge in [0.1, 0.15) is 23.4 Å². The lowest BCUT2D eigenvalue weighted by Gasteiger charge is -2.31. The highest BCUT2D eigenvalue weighted by molar-refractivity contribution is 5.10. The number of H-pyrrole nitrogens is 1. The van der Waals surface area contributed by atoms with Crippen molar-refractivity contribution in [2.75, 3.05) is 19.7 Å². The van der Waals surface area contributed by atoms with E-state index in [0.717, 1.165) is 75.7 Å². The van der Waals surface area contributed by atoms with E-state index in [1.807, 2.05) is 6.92 Å². The van der Waals surface area contributed by atoms with Gasteiger partial charge in [-0.3, -0.25) is 9.47 Å². The Morgan fingerprint density at radius 3 is 2.81 bits per heavy atom. The van der Waals surface area contributed by atoms with Crippen LogP contribution in [-0.4, -0.2) is 39.4 Å². The average Bonchev–Trinajstić information content (AvgIpc) is 3.30. The molecule has 0 unspecified atom stereocenters. The number of likely N-dealkylation sites (tertiary alicyclic amines) is 1. The molecular formula is C20H30N4O3. The number of nitrogens with zero attached hydrogens (tertiary/aromatic N) is 3. The second-order valence-electron chi connectivity index (χ2n) is 7.77. The van der Waals surface area contributed by atoms with Crippen molar-refractivity contribution in [3.8, 4) is 0 Å². The maximum atomic E-state index is 11.7. The molecule has 1 atom stereocenters. The van der Waals surface area contributed by atoms with Crippen molar-refractivity contribution in [3.05, 3.63) is 40.0 Å². The van der Waals surface area contributed by atoms with Crippen molar-refractivity contribution >= 4 is 0 Å². The molecule has 7 heteroatoms. The van der Waals surface area contributed by atoms with E-state index in [9.17, 15) is 4.79 Å². The zero-order valence-corrected chi connectivity index (χ0v) is 16.2. The summed E-state index contributed by atoms with van der Waals surface area (Å²) in [4.78, 5) is 14.2. The second kappa shape index (κ2) is 8.44. The van der Waals surface area contributed by atoms with Gasteiger partial charge >= 0.3 is 5.69 Å². The number of ether oxygens (including phenoxy) is 1. The van der Waals surface area contributed by atoms with Gasteiger partial charge in [0.25, 0.3) is 0 Å². The number of furan rings is 1. The fraction of sp³-hybridized carbons (Fsp3) is 0.700. The minimum absolute atomic E-state index is 0.0968. The first-order valence-electron chi connectivity index (χ1n) is 10.3. The predicted octanol–water partition coefficient (Wildman–Crippen LogP) is 2.88. The van der Waals surface area contributed by atoms with Crippen LogP contribution < -0.4 is 5.69 Å². The standard InChI is InChI=1S/C20H30N4O3/c1-2-24-19(21-22-20(24)25)13-15-8-10-23(11-9-15)14-16-6-7-18(27-16)17-5-3-4-12-26-17/h6-7,15,17H,2-5,8-14H2,1H3,(H,22,25)/t17-/m0/s1. The van der Waals surface area contributed by atoms with Crippen molar-refractivity contribution in [1.82, 2.24) is 19.7 Å². The van der Waals surface area contributed by atoms with Crippen LogP contribution in [0.5, 0.6) is 0 Å². The molecule has 0 radical (unpaired) electrons. The summed E-state index contributed by atoms with van der Waals surface area (Å²) < 4.78 is 13.6. The molecule has 1 N–H and O–H groups in total. The van der Waals surface area contributed by atoms with E-state index in [1.54, 1.807) is 4.57 Å². The van der Waals surface area contributed by atoms with Crippen molar-refractivity contribution in [2.45, 2.75) is 64.6 Å². The summed E-state index contributed by atoms with van der Waals surface area (Å²) in [5, 5.41) is 6.77. The van der Waals surface area contributed by atoms with Gasteiger partial charge in [-0.25, -0.2) is 9.89 Å². The Hall–Kier alpha value is -1.86. The van der Waals surface area contributed by atoms with E-state index < -0.39 is 0 Å². The highest BCUT2D eigenvalue weighted by Gasteiger charge is 2.24. The van der Waals surface area contributed by atoms with Crippen molar-refractivity contribution in [3.63, 3.8) is 0 Å². The molecule has 2 aliphatic rings. The van der Waals surface area contributed by atoms with Crippen molar-refractivity contribution < 1.29 is 9.15 Å². The van der Waals surface area contributed by atoms with Crippen LogP contribution in [0, 0.1) is 5.92 Å². The van der Waals surface area contributed by atoms with E-state index in [-0.39, 0.29) is 11.8 Å². The third kappa shape index (κ3) is 4.35. The maximum Gasteiger partial charge on any atom is 0.343 e. The van der Waals surface area contributed by atoms with Crippen LogP contribution in [0.1, 0.15) is 62.5 Å². The number of piperidine rings is 1. The number of hydrogen-bond acceptors (Lipinski definition) is 5. The highest BCUT2D eigenvalue weighted by Crippen LogP contribution is 2.30. The van der Waals surface area contributed by atoms with Gasteiger partial charge in [-0.2, -0.15) is 5.10 Å². The first-order valence-corrected chi connectivity index (χ1v) is 10.3. The minimum atomic E-state index is -0.0968. The normalized spacial score (nSPS) is 22.3. The van der Waals surface area contributed by atoms with Gasteiger partial charge in [0.15, 0.2) is 0 Å². The van der Waals surface area contributed by atoms with E-state index in [1.165, 1.54) is 6.42 Å². The second-order valence-corrected chi connectivity index (χ2v) is 7.77. The van der Waals surface area contributed by atoms with E-state index in [4.69, 9.17) is 9.15 Å². The summed E-state index contributed by atoms with van der Waals surface area (Å²) in [6, 6.07) is 4.18. The van der Waals surface area contributed by atoms with Gasteiger partial charge in [-0.15, -0.1) is 0 Å². The molecule has 0 saturated carbocycles. The van der Waals surface area contributed by atoms with Crippen LogP contribution in [0.2, 0.25) is 0 Å². The van der Waals surface area contributed by atoms with Gasteiger partial charge in [0.2, 0.25) is 0 Å². The van der Waals surface area contributed by atoms with Crippen LogP contribution >= 0.6 is 0 Å². The minimum Gasteiger partial charge on any atom is -0.462 e. The Bertz CT molecular complexity index is 779. The average molecular weight is 374 g/mol. The summed E-state index contributed by atoms with van der Waals surface area (Å²) in [6.07, 6.45) is 6.72. The lowest BCUT2D eigenvalue weighted by molar-refractivity contribution is 0.000725. The van der Waals surface area contributed by atoms with Gasteiger partial charge < -0.3 is 9.15 Å². The third-order valence-corrected chi connectivity index (χ3v) is 5.89. The van der Waals surface area contributed by atoms with E-state index >= 15 is 0 Å². The monoisotopic (exact) mass is 374 g/mol. The molecule has 0 bridgehead atoms. The number of aromatic amines is 1. The molecule has 0 aliphatic carbocycles. The molecule has 0 aromatic carbocycles. The molecular weight excluding hydrogens is 344 g/mol. The predicted molar refractivity (Wildman–Crippen MR) is 101 cm³/mol. The fourth-order valence-electron chi connectivity index (χ4n) is 4.28. The molecule has 2 aromatic rings. The Kier molecular flexibility index (Phi) is 5.78. The highest BCUT2D eigenvalue weighted by atomic mass is 16.5. The molecule has 2 fully saturated rings. The molecule has 4 heterocycles. The van der Waals surface area contributed by atoms with Gasteiger partial charge in [0, 0.05) is 19.6 Å². The van der Waals surface area contributed by atoms with Gasteiger partial charge in [-0.05, 0) is 70.2 Å². The molecule has 2 aromatic heterocycles. The Balaban J connectivity index is 1.27. The summed E-state index contributed by atoms with van der Waals surface area (Å²) >= 11 is 0. The quantitative estimate of drug-likeness (QED) is 0.841. The van der Waals surface area contributed by atoms with E-state index in [0.29, 0.717) is 12.5 Å². The van der Waals surface area contributed by atoms with Crippen LogP contribution in [0.25, 0.3) is 0 Å². The van der Waals surface area contributed by atoms with Crippen LogP contribution in [0.15, 0.2) is 21.3 Å². The van der Waals surface area contributed by atoms with Crippen molar-refractivity contribution in [1.29, 1.82) is 0 Å². The van der Waals surface area contributed by atoms with Crippen LogP contribution in [-0.2, 0) is 24.2 Å². The zero-order chi connectivity index (χ0) is 18.6. The molecule has 0 spiro atoms. The molecule has 4 rings (SSSR count). The molecule has 7 nitrogen and oxygen atoms in total. The summed E-state index contributed by atoms with van der Waals surface area (Å²) in [7, 11) is 0. The van der Waals surface area contributed by atoms with E-state index in [2.05, 4.69) is 27.2 Å². The lowest BCUT2D eigenvalue weighted by atomic mass is 9.93. The largest absolute Gasteiger partial charge is 0.462 e. The lowest BCUT2D eigenvalue weighted by Crippen LogP contribution is -2.34. The van der Waals surface area contributed by atoms with Gasteiger partial charge in [-0.1, -0.05) is 0 Å². The zero-order valence-electron chi connectivity index (χ0n) is 16.2. The SMILES string of the molecule is CCn1c(CC2CCN(Cc3ccc([C@@H]4CCCCO4)o3)CC2)n[nH]c1=O. The van der Waals surface area contributed by atoms with Crippen molar-refractivity contribution in [2.24, 2.45) is 5.92 Å². The Labute approximate surface area is 159 Å². The molecule has 0 amide bonds. The first kappa shape index (κ1) is 18.5. The number of rotatable bonds is 6. The first-order chi connectivity index (χ1) is 13.2. The Morgan fingerprint density at radius 1 is 1.22 bits per heavy atom. The topological polar surface area (TPSA) is 76.3 Å². The number of nitrogens with one attached hydrogen (secondary N) is 1. The van der Waals surface area contributed by atoms with Crippen LogP contribution in [0.3, 0.4) is 0 Å². The third-order valence-electron chi connectivity index (χ3n) is 5.89. The maximum absolute atomic E-state index is 11.7. The molecule has 148 valence electrons. The summed E-state index contributed by atoms with van der Waals surface area (Å²) in [6.45, 7) is 6.48. The summed E-state index contributed by atoms with van der Waals surface area (Å²) in [5.41, 5.74) is -0.0968. The number of aromatic nitrogens is 3. The van der Waals surface area contributed by atoms with Gasteiger partial charge in [0.05, 0.1) is 6.54 Å². The molecule has 2 aliphatic heterocycles. The molecule has 2 saturated heterocycles. The Morgan fingerprint density at radius 2 is 2.07 bits per heavy atom. The smallest absolute Gasteiger partial charge is 0.343 e. The van der Waals surface area contributed by atoms with Crippen LogP contribution in [0.4, 0.5) is 0 Å². The summed E-state index contributed by atoms with van der Waals surface area (Å²) in [5.74, 6) is 3.49. The fourth-order valence-corrected chi connectivity index (χ4v) is 4.28. The number of hydrogen-bond donors (Lipinski definition) is 1.